The number of aryl methyl sites for hydroxylation is 1. The van der Waals surface area contributed by atoms with Crippen molar-refractivity contribution >= 4 is 27.6 Å². The van der Waals surface area contributed by atoms with Crippen molar-refractivity contribution in [3.8, 4) is 0 Å². The summed E-state index contributed by atoms with van der Waals surface area (Å²) in [6, 6.07) is 11.9. The molecule has 0 aliphatic rings. The number of rotatable bonds is 4. The highest BCUT2D eigenvalue weighted by atomic mass is 16.3. The van der Waals surface area contributed by atoms with Crippen LogP contribution < -0.4 is 5.32 Å². The predicted molar refractivity (Wildman–Crippen MR) is 91.6 cm³/mol. The Kier molecular flexibility index (Phi) is 4.09. The molecule has 2 aromatic carbocycles. The third-order valence-electron chi connectivity index (χ3n) is 4.53. The van der Waals surface area contributed by atoms with Crippen molar-refractivity contribution in [3.63, 3.8) is 0 Å². The fourth-order valence-corrected chi connectivity index (χ4v) is 2.74. The number of aliphatic hydroxyl groups is 1. The quantitative estimate of drug-likeness (QED) is 0.773. The van der Waals surface area contributed by atoms with E-state index >= 15 is 0 Å². The fraction of sp³-hybridized carbons (Fsp3) is 0.316. The summed E-state index contributed by atoms with van der Waals surface area (Å²) in [5.41, 5.74) is 1.58. The predicted octanol–water partition coefficient (Wildman–Crippen LogP) is 3.64. The molecule has 0 bridgehead atoms. The van der Waals surface area contributed by atoms with E-state index in [0.29, 0.717) is 5.76 Å². The lowest BCUT2D eigenvalue weighted by atomic mass is 10.0. The number of carbonyl (C=O) groups is 1. The molecule has 0 radical (unpaired) electrons. The van der Waals surface area contributed by atoms with Gasteiger partial charge >= 0.3 is 0 Å². The maximum Gasteiger partial charge on any atom is 0.287 e. The molecule has 4 nitrogen and oxygen atoms in total. The van der Waals surface area contributed by atoms with Gasteiger partial charge in [-0.15, -0.1) is 0 Å². The molecule has 1 aromatic heterocycles. The van der Waals surface area contributed by atoms with E-state index in [1.54, 1.807) is 0 Å². The lowest BCUT2D eigenvalue weighted by molar-refractivity contribution is 0.0889. The highest BCUT2D eigenvalue weighted by Crippen LogP contribution is 2.31. The average Bonchev–Trinajstić information content (AvgIpc) is 2.91. The van der Waals surface area contributed by atoms with E-state index in [9.17, 15) is 9.90 Å². The number of nitrogens with one attached hydrogen (secondary N) is 1. The topological polar surface area (TPSA) is 62.5 Å². The zero-order chi connectivity index (χ0) is 16.6. The molecule has 23 heavy (non-hydrogen) atoms. The number of hydrogen-bond donors (Lipinski definition) is 2. The van der Waals surface area contributed by atoms with Crippen LogP contribution >= 0.6 is 0 Å². The van der Waals surface area contributed by atoms with Crippen molar-refractivity contribution in [1.82, 2.24) is 5.32 Å². The molecule has 3 aromatic rings. The van der Waals surface area contributed by atoms with Crippen molar-refractivity contribution in [1.29, 1.82) is 0 Å². The number of amides is 1. The molecule has 120 valence electrons. The Morgan fingerprint density at radius 2 is 1.91 bits per heavy atom. The Bertz CT molecular complexity index is 866. The standard InChI is InChI=1S/C19H21NO3/c1-11(10-21)13(3)20-19(22)17-12(2)15-9-8-14-6-4-5-7-16(14)18(15)23-17/h4-9,11,13,21H,10H2,1-3H3,(H,20,22). The van der Waals surface area contributed by atoms with Crippen LogP contribution in [0.15, 0.2) is 40.8 Å². The van der Waals surface area contributed by atoms with Gasteiger partial charge in [-0.3, -0.25) is 4.79 Å². The summed E-state index contributed by atoms with van der Waals surface area (Å²) in [6.07, 6.45) is 0. The van der Waals surface area contributed by atoms with Gasteiger partial charge in [0.15, 0.2) is 5.76 Å². The lowest BCUT2D eigenvalue weighted by Crippen LogP contribution is -2.38. The molecule has 2 atom stereocenters. The summed E-state index contributed by atoms with van der Waals surface area (Å²) in [7, 11) is 0. The monoisotopic (exact) mass is 311 g/mol. The van der Waals surface area contributed by atoms with Crippen LogP contribution in [0.25, 0.3) is 21.7 Å². The number of benzene rings is 2. The van der Waals surface area contributed by atoms with Gasteiger partial charge in [-0.1, -0.05) is 43.3 Å². The normalized spacial score (nSPS) is 14.1. The number of hydrogen-bond acceptors (Lipinski definition) is 3. The summed E-state index contributed by atoms with van der Waals surface area (Å²) in [4.78, 5) is 12.5. The molecule has 0 fully saturated rings. The van der Waals surface area contributed by atoms with Gasteiger partial charge in [0.05, 0.1) is 0 Å². The maximum atomic E-state index is 12.5. The Morgan fingerprint density at radius 3 is 2.65 bits per heavy atom. The average molecular weight is 311 g/mol. The van der Waals surface area contributed by atoms with E-state index in [1.807, 2.05) is 57.2 Å². The second kappa shape index (κ2) is 6.05. The van der Waals surface area contributed by atoms with E-state index in [4.69, 9.17) is 4.42 Å². The molecule has 2 unspecified atom stereocenters. The van der Waals surface area contributed by atoms with Crippen LogP contribution in [0.5, 0.6) is 0 Å². The summed E-state index contributed by atoms with van der Waals surface area (Å²) in [6.45, 7) is 5.71. The lowest BCUT2D eigenvalue weighted by Gasteiger charge is -2.18. The molecule has 0 saturated heterocycles. The smallest absolute Gasteiger partial charge is 0.287 e. The van der Waals surface area contributed by atoms with E-state index in [1.165, 1.54) is 0 Å². The van der Waals surface area contributed by atoms with Gasteiger partial charge in [-0.25, -0.2) is 0 Å². The number of carbonyl (C=O) groups excluding carboxylic acids is 1. The van der Waals surface area contributed by atoms with Gasteiger partial charge in [0.2, 0.25) is 0 Å². The molecular weight excluding hydrogens is 290 g/mol. The van der Waals surface area contributed by atoms with Crippen molar-refractivity contribution in [3.05, 3.63) is 47.7 Å². The van der Waals surface area contributed by atoms with Crippen LogP contribution in [0.1, 0.15) is 30.0 Å². The van der Waals surface area contributed by atoms with Crippen LogP contribution in [0.2, 0.25) is 0 Å². The van der Waals surface area contributed by atoms with Crippen molar-refractivity contribution in [2.45, 2.75) is 26.8 Å². The van der Waals surface area contributed by atoms with Crippen LogP contribution in [-0.4, -0.2) is 23.7 Å². The molecule has 0 spiro atoms. The van der Waals surface area contributed by atoms with E-state index in [0.717, 1.165) is 27.3 Å². The Hall–Kier alpha value is -2.33. The molecule has 1 heterocycles. The zero-order valence-corrected chi connectivity index (χ0v) is 13.6. The fourth-order valence-electron chi connectivity index (χ4n) is 2.74. The van der Waals surface area contributed by atoms with Crippen molar-refractivity contribution in [2.24, 2.45) is 5.92 Å². The second-order valence-electron chi connectivity index (χ2n) is 6.14. The first-order valence-electron chi connectivity index (χ1n) is 7.85. The number of aliphatic hydroxyl groups excluding tert-OH is 1. The number of fused-ring (bicyclic) bond motifs is 3. The Balaban J connectivity index is 2.03. The molecule has 1 amide bonds. The summed E-state index contributed by atoms with van der Waals surface area (Å²) < 4.78 is 5.91. The maximum absolute atomic E-state index is 12.5. The van der Waals surface area contributed by atoms with E-state index < -0.39 is 0 Å². The van der Waals surface area contributed by atoms with Crippen molar-refractivity contribution in [2.75, 3.05) is 6.61 Å². The van der Waals surface area contributed by atoms with E-state index in [-0.39, 0.29) is 24.5 Å². The van der Waals surface area contributed by atoms with Crippen molar-refractivity contribution < 1.29 is 14.3 Å². The SMILES string of the molecule is Cc1c(C(=O)NC(C)C(C)CO)oc2c1ccc1ccccc12. The first kappa shape index (κ1) is 15.6. The van der Waals surface area contributed by atoms with Gasteiger partial charge in [-0.2, -0.15) is 0 Å². The third-order valence-corrected chi connectivity index (χ3v) is 4.53. The van der Waals surface area contributed by atoms with Gasteiger partial charge in [0, 0.05) is 29.0 Å². The third kappa shape index (κ3) is 2.70. The van der Waals surface area contributed by atoms with Gasteiger partial charge < -0.3 is 14.8 Å². The molecular formula is C19H21NO3. The number of furan rings is 1. The molecule has 4 heteroatoms. The molecule has 0 saturated carbocycles. The summed E-state index contributed by atoms with van der Waals surface area (Å²) in [5.74, 6) is 0.0911. The van der Waals surface area contributed by atoms with Crippen LogP contribution in [0.4, 0.5) is 0 Å². The summed E-state index contributed by atoms with van der Waals surface area (Å²) in [5, 5.41) is 15.2. The van der Waals surface area contributed by atoms with Crippen LogP contribution in [0, 0.1) is 12.8 Å². The summed E-state index contributed by atoms with van der Waals surface area (Å²) >= 11 is 0. The zero-order valence-electron chi connectivity index (χ0n) is 13.6. The van der Waals surface area contributed by atoms with Crippen LogP contribution in [-0.2, 0) is 0 Å². The molecule has 0 aliphatic heterocycles. The molecule has 3 rings (SSSR count). The minimum Gasteiger partial charge on any atom is -0.450 e. The van der Waals surface area contributed by atoms with Gasteiger partial charge in [0.1, 0.15) is 5.58 Å². The van der Waals surface area contributed by atoms with Gasteiger partial charge in [-0.05, 0) is 25.2 Å². The first-order chi connectivity index (χ1) is 11.0. The first-order valence-corrected chi connectivity index (χ1v) is 7.85. The van der Waals surface area contributed by atoms with Gasteiger partial charge in [0.25, 0.3) is 5.91 Å². The minimum atomic E-state index is -0.240. The second-order valence-corrected chi connectivity index (χ2v) is 6.14. The Morgan fingerprint density at radius 1 is 1.17 bits per heavy atom. The molecule has 0 aliphatic carbocycles. The highest BCUT2D eigenvalue weighted by molar-refractivity contribution is 6.08. The van der Waals surface area contributed by atoms with E-state index in [2.05, 4.69) is 5.32 Å². The highest BCUT2D eigenvalue weighted by Gasteiger charge is 2.22. The largest absolute Gasteiger partial charge is 0.450 e. The Labute approximate surface area is 135 Å². The molecule has 2 N–H and O–H groups in total. The van der Waals surface area contributed by atoms with Crippen LogP contribution in [0.3, 0.4) is 0 Å². The minimum absolute atomic E-state index is 0.00975.